The van der Waals surface area contributed by atoms with Gasteiger partial charge in [-0.2, -0.15) is 0 Å². The maximum absolute atomic E-state index is 10.6. The van der Waals surface area contributed by atoms with E-state index in [1.54, 1.807) is 0 Å². The molecule has 0 radical (unpaired) electrons. The summed E-state index contributed by atoms with van der Waals surface area (Å²) in [5, 5.41) is 10.1. The molecule has 0 aromatic heterocycles. The first-order valence-electron chi connectivity index (χ1n) is 2.95. The number of hydrogen-bond acceptors (Lipinski definition) is 4. The third-order valence-electron chi connectivity index (χ3n) is 1.60. The number of methoxy groups -OCH3 is 1. The van der Waals surface area contributed by atoms with Crippen LogP contribution in [0.1, 0.15) is 6.42 Å². The molecule has 0 aliphatic heterocycles. The van der Waals surface area contributed by atoms with E-state index in [0.29, 0.717) is 6.42 Å². The van der Waals surface area contributed by atoms with Gasteiger partial charge in [0.15, 0.2) is 0 Å². The van der Waals surface area contributed by atoms with E-state index in [1.807, 2.05) is 0 Å². The smallest absolute Gasteiger partial charge is 0.309 e. The average Bonchev–Trinajstić information content (AvgIpc) is 2.64. The quantitative estimate of drug-likeness (QED) is 0.443. The highest BCUT2D eigenvalue weighted by molar-refractivity contribution is 5.85. The topological polar surface area (TPSA) is 66.4 Å². The molecule has 1 saturated carbocycles. The Hall–Kier alpha value is -1.06. The number of carboxylic acid groups (broad SMARTS) is 1. The summed E-state index contributed by atoms with van der Waals surface area (Å²) in [6.07, 6.45) is 0.370. The largest absolute Gasteiger partial charge is 0.550 e. The molecule has 0 unspecified atom stereocenters. The van der Waals surface area contributed by atoms with Gasteiger partial charge in [0.2, 0.25) is 0 Å². The Balaban J connectivity index is 2.38. The Morgan fingerprint density at radius 1 is 1.50 bits per heavy atom. The van der Waals surface area contributed by atoms with Crippen molar-refractivity contribution in [2.24, 2.45) is 11.8 Å². The average molecular weight is 143 g/mol. The molecule has 0 spiro atoms. The Kier molecular flexibility index (Phi) is 1.61. The van der Waals surface area contributed by atoms with Crippen molar-refractivity contribution in [3.8, 4) is 0 Å². The van der Waals surface area contributed by atoms with Crippen LogP contribution >= 0.6 is 0 Å². The zero-order valence-electron chi connectivity index (χ0n) is 5.49. The first-order chi connectivity index (χ1) is 4.66. The Labute approximate surface area is 57.8 Å². The van der Waals surface area contributed by atoms with Crippen molar-refractivity contribution < 1.29 is 19.4 Å². The number of rotatable bonds is 2. The predicted octanol–water partition coefficient (Wildman–Crippen LogP) is -1.45. The van der Waals surface area contributed by atoms with E-state index in [4.69, 9.17) is 0 Å². The van der Waals surface area contributed by atoms with Gasteiger partial charge in [0, 0.05) is 11.9 Å². The minimum atomic E-state index is -1.16. The van der Waals surface area contributed by atoms with Gasteiger partial charge < -0.3 is 14.6 Å². The van der Waals surface area contributed by atoms with Gasteiger partial charge in [-0.15, -0.1) is 0 Å². The molecule has 10 heavy (non-hydrogen) atoms. The molecule has 0 heterocycles. The van der Waals surface area contributed by atoms with E-state index in [2.05, 4.69) is 4.74 Å². The van der Waals surface area contributed by atoms with Gasteiger partial charge in [-0.3, -0.25) is 4.79 Å². The second-order valence-electron chi connectivity index (χ2n) is 2.29. The molecular weight excluding hydrogens is 136 g/mol. The molecule has 0 aromatic rings. The van der Waals surface area contributed by atoms with Crippen LogP contribution in [0.25, 0.3) is 0 Å². The van der Waals surface area contributed by atoms with Crippen LogP contribution in [0.2, 0.25) is 0 Å². The third kappa shape index (κ3) is 1.10. The first-order valence-corrected chi connectivity index (χ1v) is 2.95. The molecule has 56 valence electrons. The summed E-state index contributed by atoms with van der Waals surface area (Å²) in [5.41, 5.74) is 0. The van der Waals surface area contributed by atoms with E-state index in [0.717, 1.165) is 0 Å². The summed E-state index contributed by atoms with van der Waals surface area (Å²) in [6.45, 7) is 0. The van der Waals surface area contributed by atoms with Gasteiger partial charge >= 0.3 is 5.97 Å². The minimum Gasteiger partial charge on any atom is -0.550 e. The van der Waals surface area contributed by atoms with Crippen molar-refractivity contribution in [1.29, 1.82) is 0 Å². The highest BCUT2D eigenvalue weighted by Gasteiger charge is 2.44. The number of carbonyl (C=O) groups excluding carboxylic acids is 2. The van der Waals surface area contributed by atoms with E-state index >= 15 is 0 Å². The van der Waals surface area contributed by atoms with Crippen molar-refractivity contribution in [3.05, 3.63) is 0 Å². The number of carboxylic acids is 1. The van der Waals surface area contributed by atoms with E-state index in [9.17, 15) is 14.7 Å². The molecule has 2 atom stereocenters. The molecular formula is C6H7O4-. The number of aliphatic carboxylic acids is 1. The molecule has 0 saturated heterocycles. The first kappa shape index (κ1) is 7.05. The van der Waals surface area contributed by atoms with Crippen molar-refractivity contribution >= 4 is 11.9 Å². The van der Waals surface area contributed by atoms with Gasteiger partial charge in [0.25, 0.3) is 0 Å². The van der Waals surface area contributed by atoms with Crippen molar-refractivity contribution in [1.82, 2.24) is 0 Å². The fourth-order valence-corrected chi connectivity index (χ4v) is 0.867. The van der Waals surface area contributed by atoms with Crippen LogP contribution < -0.4 is 5.11 Å². The third-order valence-corrected chi connectivity index (χ3v) is 1.60. The van der Waals surface area contributed by atoms with Crippen molar-refractivity contribution in [2.45, 2.75) is 6.42 Å². The Morgan fingerprint density at radius 2 is 2.10 bits per heavy atom. The van der Waals surface area contributed by atoms with Gasteiger partial charge in [-0.25, -0.2) is 0 Å². The highest BCUT2D eigenvalue weighted by atomic mass is 16.5. The lowest BCUT2D eigenvalue weighted by molar-refractivity contribution is -0.308. The van der Waals surface area contributed by atoms with E-state index < -0.39 is 23.8 Å². The summed E-state index contributed by atoms with van der Waals surface area (Å²) < 4.78 is 4.32. The second kappa shape index (κ2) is 2.28. The number of carbonyl (C=O) groups is 2. The highest BCUT2D eigenvalue weighted by Crippen LogP contribution is 2.38. The van der Waals surface area contributed by atoms with E-state index in [1.165, 1.54) is 7.11 Å². The number of esters is 1. The zero-order chi connectivity index (χ0) is 7.72. The SMILES string of the molecule is COC(=O)[C@@H]1C[C@H]1C(=O)[O-]. The van der Waals surface area contributed by atoms with Crippen LogP contribution in [0.4, 0.5) is 0 Å². The number of ether oxygens (including phenoxy) is 1. The molecule has 0 N–H and O–H groups in total. The fourth-order valence-electron chi connectivity index (χ4n) is 0.867. The molecule has 1 rings (SSSR count). The maximum atomic E-state index is 10.6. The monoisotopic (exact) mass is 143 g/mol. The van der Waals surface area contributed by atoms with Gasteiger partial charge in [-0.1, -0.05) is 0 Å². The molecule has 1 aliphatic rings. The lowest BCUT2D eigenvalue weighted by Crippen LogP contribution is -2.26. The minimum absolute atomic E-state index is 0.370. The molecule has 4 nitrogen and oxygen atoms in total. The fraction of sp³-hybridized carbons (Fsp3) is 0.667. The second-order valence-corrected chi connectivity index (χ2v) is 2.29. The van der Waals surface area contributed by atoms with E-state index in [-0.39, 0.29) is 0 Å². The molecule has 1 fully saturated rings. The summed E-state index contributed by atoms with van der Waals surface area (Å²) in [5.74, 6) is -2.66. The summed E-state index contributed by atoms with van der Waals surface area (Å²) in [4.78, 5) is 20.6. The number of hydrogen-bond donors (Lipinski definition) is 0. The van der Waals surface area contributed by atoms with Crippen LogP contribution in [0, 0.1) is 11.8 Å². The summed E-state index contributed by atoms with van der Waals surface area (Å²) in [6, 6.07) is 0. The maximum Gasteiger partial charge on any atom is 0.309 e. The van der Waals surface area contributed by atoms with Crippen LogP contribution in [-0.4, -0.2) is 19.0 Å². The Bertz CT molecular complexity index is 175. The van der Waals surface area contributed by atoms with Gasteiger partial charge in [0.05, 0.1) is 13.0 Å². The van der Waals surface area contributed by atoms with Gasteiger partial charge in [0.1, 0.15) is 0 Å². The van der Waals surface area contributed by atoms with Crippen molar-refractivity contribution in [3.63, 3.8) is 0 Å². The molecule has 1 aliphatic carbocycles. The summed E-state index contributed by atoms with van der Waals surface area (Å²) >= 11 is 0. The molecule has 4 heteroatoms. The molecule has 0 bridgehead atoms. The van der Waals surface area contributed by atoms with Crippen LogP contribution in [0.15, 0.2) is 0 Å². The predicted molar refractivity (Wildman–Crippen MR) is 28.6 cm³/mol. The normalized spacial score (nSPS) is 29.3. The van der Waals surface area contributed by atoms with Crippen LogP contribution in [0.3, 0.4) is 0 Å². The summed E-state index contributed by atoms with van der Waals surface area (Å²) in [7, 11) is 1.24. The molecule has 0 amide bonds. The van der Waals surface area contributed by atoms with Crippen LogP contribution in [-0.2, 0) is 14.3 Å². The standard InChI is InChI=1S/C6H8O4/c1-10-6(9)4-2-3(4)5(7)8/h3-4H,2H2,1H3,(H,7,8)/p-1/t3-,4-/m1/s1. The lowest BCUT2D eigenvalue weighted by Gasteiger charge is -1.97. The van der Waals surface area contributed by atoms with Gasteiger partial charge in [-0.05, 0) is 6.42 Å². The lowest BCUT2D eigenvalue weighted by atomic mass is 10.3. The Morgan fingerprint density at radius 3 is 2.40 bits per heavy atom. The zero-order valence-corrected chi connectivity index (χ0v) is 5.49. The van der Waals surface area contributed by atoms with Crippen molar-refractivity contribution in [2.75, 3.05) is 7.11 Å². The molecule has 0 aromatic carbocycles. The van der Waals surface area contributed by atoms with Crippen LogP contribution in [0.5, 0.6) is 0 Å².